The van der Waals surface area contributed by atoms with Gasteiger partial charge in [0.05, 0.1) is 11.3 Å². The standard InChI is InChI=1S/C14H13F2NO3/c1-7(2)5-11-12(14(18)19)20-13(17-11)9-6-8(15)3-4-10(9)16/h3-4,6-7H,5H2,1-2H3,(H,18,19). The first-order chi connectivity index (χ1) is 9.38. The Hall–Kier alpha value is -2.24. The highest BCUT2D eigenvalue weighted by molar-refractivity contribution is 5.86. The minimum absolute atomic E-state index is 0.156. The molecular formula is C14H13F2NO3. The second-order valence-electron chi connectivity index (χ2n) is 4.82. The molecule has 1 heterocycles. The van der Waals surface area contributed by atoms with Gasteiger partial charge < -0.3 is 9.52 Å². The number of carboxylic acids is 1. The second kappa shape index (κ2) is 5.40. The van der Waals surface area contributed by atoms with Crippen LogP contribution in [0.1, 0.15) is 30.1 Å². The topological polar surface area (TPSA) is 63.3 Å². The van der Waals surface area contributed by atoms with Gasteiger partial charge in [-0.25, -0.2) is 18.6 Å². The van der Waals surface area contributed by atoms with E-state index < -0.39 is 17.6 Å². The molecule has 4 nitrogen and oxygen atoms in total. The van der Waals surface area contributed by atoms with Gasteiger partial charge in [-0.05, 0) is 30.5 Å². The Labute approximate surface area is 114 Å². The summed E-state index contributed by atoms with van der Waals surface area (Å²) in [6.07, 6.45) is 0.377. The van der Waals surface area contributed by atoms with E-state index in [1.807, 2.05) is 13.8 Å². The number of hydrogen-bond donors (Lipinski definition) is 1. The summed E-state index contributed by atoms with van der Waals surface area (Å²) in [5.74, 6) is -3.06. The van der Waals surface area contributed by atoms with E-state index in [1.165, 1.54) is 0 Å². The lowest BCUT2D eigenvalue weighted by Gasteiger charge is -2.00. The number of aromatic carboxylic acids is 1. The van der Waals surface area contributed by atoms with Gasteiger partial charge in [-0.1, -0.05) is 13.8 Å². The van der Waals surface area contributed by atoms with Crippen molar-refractivity contribution >= 4 is 5.97 Å². The maximum absolute atomic E-state index is 13.6. The van der Waals surface area contributed by atoms with Crippen molar-refractivity contribution < 1.29 is 23.1 Å². The SMILES string of the molecule is CC(C)Cc1nc(-c2cc(F)ccc2F)oc1C(=O)O. The molecule has 6 heteroatoms. The molecule has 1 N–H and O–H groups in total. The van der Waals surface area contributed by atoms with Crippen molar-refractivity contribution in [2.45, 2.75) is 20.3 Å². The van der Waals surface area contributed by atoms with Gasteiger partial charge in [-0.15, -0.1) is 0 Å². The van der Waals surface area contributed by atoms with E-state index in [0.29, 0.717) is 6.42 Å². The molecule has 20 heavy (non-hydrogen) atoms. The third kappa shape index (κ3) is 2.84. The van der Waals surface area contributed by atoms with E-state index in [1.54, 1.807) is 0 Å². The van der Waals surface area contributed by atoms with E-state index in [2.05, 4.69) is 4.98 Å². The maximum atomic E-state index is 13.6. The molecule has 1 aromatic carbocycles. The molecule has 0 aliphatic carbocycles. The lowest BCUT2D eigenvalue weighted by atomic mass is 10.1. The Morgan fingerprint density at radius 1 is 1.40 bits per heavy atom. The highest BCUT2D eigenvalue weighted by atomic mass is 19.1. The smallest absolute Gasteiger partial charge is 0.373 e. The van der Waals surface area contributed by atoms with Gasteiger partial charge in [0.1, 0.15) is 11.6 Å². The van der Waals surface area contributed by atoms with Crippen molar-refractivity contribution in [1.29, 1.82) is 0 Å². The Kier molecular flexibility index (Phi) is 3.83. The van der Waals surface area contributed by atoms with Gasteiger partial charge >= 0.3 is 5.97 Å². The van der Waals surface area contributed by atoms with Crippen LogP contribution in [0.15, 0.2) is 22.6 Å². The molecule has 0 radical (unpaired) electrons. The number of benzene rings is 1. The fourth-order valence-corrected chi connectivity index (χ4v) is 1.82. The lowest BCUT2D eigenvalue weighted by molar-refractivity contribution is 0.0661. The van der Waals surface area contributed by atoms with E-state index >= 15 is 0 Å². The summed E-state index contributed by atoms with van der Waals surface area (Å²) < 4.78 is 31.9. The van der Waals surface area contributed by atoms with Crippen LogP contribution in [0.4, 0.5) is 8.78 Å². The van der Waals surface area contributed by atoms with E-state index in [-0.39, 0.29) is 28.8 Å². The minimum atomic E-state index is -1.28. The normalized spacial score (nSPS) is 11.1. The summed E-state index contributed by atoms with van der Waals surface area (Å²) >= 11 is 0. The highest BCUT2D eigenvalue weighted by Gasteiger charge is 2.22. The summed E-state index contributed by atoms with van der Waals surface area (Å²) in [7, 11) is 0. The Bertz CT molecular complexity index is 650. The molecule has 0 amide bonds. The second-order valence-corrected chi connectivity index (χ2v) is 4.82. The number of rotatable bonds is 4. The van der Waals surface area contributed by atoms with Crippen molar-refractivity contribution in [2.75, 3.05) is 0 Å². The quantitative estimate of drug-likeness (QED) is 0.931. The van der Waals surface area contributed by atoms with Crippen LogP contribution in [0, 0.1) is 17.6 Å². The fraction of sp³-hybridized carbons (Fsp3) is 0.286. The summed E-state index contributed by atoms with van der Waals surface area (Å²) in [4.78, 5) is 15.1. The molecule has 0 saturated carbocycles. The molecule has 0 bridgehead atoms. The van der Waals surface area contributed by atoms with Gasteiger partial charge in [0.15, 0.2) is 0 Å². The lowest BCUT2D eigenvalue weighted by Crippen LogP contribution is -2.03. The molecule has 106 valence electrons. The molecule has 1 aromatic heterocycles. The summed E-state index contributed by atoms with van der Waals surface area (Å²) in [5.41, 5.74) is 0.0358. The van der Waals surface area contributed by atoms with E-state index in [4.69, 9.17) is 9.52 Å². The average Bonchev–Trinajstić information content (AvgIpc) is 2.75. The van der Waals surface area contributed by atoms with Crippen LogP contribution in [0.25, 0.3) is 11.5 Å². The number of hydrogen-bond acceptors (Lipinski definition) is 3. The van der Waals surface area contributed by atoms with Gasteiger partial charge in [-0.3, -0.25) is 0 Å². The van der Waals surface area contributed by atoms with Gasteiger partial charge in [0, 0.05) is 0 Å². The highest BCUT2D eigenvalue weighted by Crippen LogP contribution is 2.26. The summed E-state index contributed by atoms with van der Waals surface area (Å²) in [6, 6.07) is 2.83. The van der Waals surface area contributed by atoms with Crippen LogP contribution in [-0.4, -0.2) is 16.1 Å². The summed E-state index contributed by atoms with van der Waals surface area (Å²) in [5, 5.41) is 9.06. The van der Waals surface area contributed by atoms with Crippen molar-refractivity contribution in [2.24, 2.45) is 5.92 Å². The Morgan fingerprint density at radius 2 is 2.10 bits per heavy atom. The zero-order valence-electron chi connectivity index (χ0n) is 11.0. The Morgan fingerprint density at radius 3 is 2.70 bits per heavy atom. The Balaban J connectivity index is 2.52. The third-order valence-corrected chi connectivity index (χ3v) is 2.65. The predicted molar refractivity (Wildman–Crippen MR) is 67.4 cm³/mol. The van der Waals surface area contributed by atoms with Gasteiger partial charge in [0.2, 0.25) is 11.7 Å². The number of nitrogens with zero attached hydrogens (tertiary/aromatic N) is 1. The van der Waals surface area contributed by atoms with Gasteiger partial charge in [0.25, 0.3) is 0 Å². The van der Waals surface area contributed by atoms with Crippen molar-refractivity contribution in [3.8, 4) is 11.5 Å². The zero-order chi connectivity index (χ0) is 14.9. The van der Waals surface area contributed by atoms with Crippen molar-refractivity contribution in [3.63, 3.8) is 0 Å². The van der Waals surface area contributed by atoms with Gasteiger partial charge in [-0.2, -0.15) is 0 Å². The summed E-state index contributed by atoms with van der Waals surface area (Å²) in [6.45, 7) is 3.78. The monoisotopic (exact) mass is 281 g/mol. The average molecular weight is 281 g/mol. The molecular weight excluding hydrogens is 268 g/mol. The zero-order valence-corrected chi connectivity index (χ0v) is 11.0. The minimum Gasteiger partial charge on any atom is -0.475 e. The predicted octanol–water partition coefficient (Wildman–Crippen LogP) is 3.52. The van der Waals surface area contributed by atoms with Crippen LogP contribution >= 0.6 is 0 Å². The fourth-order valence-electron chi connectivity index (χ4n) is 1.82. The third-order valence-electron chi connectivity index (χ3n) is 2.65. The molecule has 0 aliphatic rings. The van der Waals surface area contributed by atoms with Crippen molar-refractivity contribution in [1.82, 2.24) is 4.98 Å². The molecule has 0 aliphatic heterocycles. The first-order valence-electron chi connectivity index (χ1n) is 6.07. The number of carboxylic acid groups (broad SMARTS) is 1. The first-order valence-corrected chi connectivity index (χ1v) is 6.07. The number of carbonyl (C=O) groups is 1. The van der Waals surface area contributed by atoms with Crippen molar-refractivity contribution in [3.05, 3.63) is 41.3 Å². The van der Waals surface area contributed by atoms with Crippen LogP contribution in [-0.2, 0) is 6.42 Å². The van der Waals surface area contributed by atoms with Crippen LogP contribution in [0.2, 0.25) is 0 Å². The number of aromatic nitrogens is 1. The van der Waals surface area contributed by atoms with Crippen LogP contribution < -0.4 is 0 Å². The molecule has 0 unspecified atom stereocenters. The molecule has 0 fully saturated rings. The van der Waals surface area contributed by atoms with E-state index in [9.17, 15) is 13.6 Å². The van der Waals surface area contributed by atoms with Crippen LogP contribution in [0.5, 0.6) is 0 Å². The van der Waals surface area contributed by atoms with Crippen LogP contribution in [0.3, 0.4) is 0 Å². The maximum Gasteiger partial charge on any atom is 0.373 e. The molecule has 0 spiro atoms. The van der Waals surface area contributed by atoms with E-state index in [0.717, 1.165) is 18.2 Å². The molecule has 2 aromatic rings. The largest absolute Gasteiger partial charge is 0.475 e. The molecule has 0 atom stereocenters. The first kappa shape index (κ1) is 14.2. The molecule has 0 saturated heterocycles. The number of halogens is 2. The molecule has 2 rings (SSSR count). The number of oxazole rings is 1.